The molecular formula is C11H12ClN3O. The summed E-state index contributed by atoms with van der Waals surface area (Å²) in [5.41, 5.74) is 1.67. The molecule has 0 fully saturated rings. The molecule has 84 valence electrons. The Morgan fingerprint density at radius 2 is 2.31 bits per heavy atom. The van der Waals surface area contributed by atoms with Crippen LogP contribution in [0.15, 0.2) is 30.9 Å². The number of rotatable bonds is 3. The molecule has 0 amide bonds. The Kier molecular flexibility index (Phi) is 3.22. The number of halogens is 1. The number of hydrogen-bond donors (Lipinski definition) is 1. The molecule has 16 heavy (non-hydrogen) atoms. The zero-order chi connectivity index (χ0) is 11.5. The van der Waals surface area contributed by atoms with E-state index in [9.17, 15) is 5.11 Å². The van der Waals surface area contributed by atoms with E-state index in [1.807, 2.05) is 13.1 Å². The van der Waals surface area contributed by atoms with Crippen LogP contribution in [-0.2, 0) is 13.5 Å². The monoisotopic (exact) mass is 237 g/mol. The predicted molar refractivity (Wildman–Crippen MR) is 61.1 cm³/mol. The summed E-state index contributed by atoms with van der Waals surface area (Å²) in [4.78, 5) is 3.90. The Morgan fingerprint density at radius 1 is 1.50 bits per heavy atom. The van der Waals surface area contributed by atoms with Crippen LogP contribution in [-0.4, -0.2) is 19.9 Å². The van der Waals surface area contributed by atoms with Crippen LogP contribution in [0.5, 0.6) is 0 Å². The zero-order valence-corrected chi connectivity index (χ0v) is 9.59. The van der Waals surface area contributed by atoms with E-state index in [1.165, 1.54) is 0 Å². The topological polar surface area (TPSA) is 50.9 Å². The molecule has 0 saturated carbocycles. The van der Waals surface area contributed by atoms with Crippen LogP contribution >= 0.6 is 11.6 Å². The molecule has 1 N–H and O–H groups in total. The van der Waals surface area contributed by atoms with Crippen molar-refractivity contribution >= 4 is 11.6 Å². The Bertz CT molecular complexity index is 484. The number of aliphatic hydroxyl groups is 1. The Labute approximate surface area is 98.5 Å². The minimum absolute atomic E-state index is 0.465. The summed E-state index contributed by atoms with van der Waals surface area (Å²) >= 11 is 5.97. The van der Waals surface area contributed by atoms with E-state index >= 15 is 0 Å². The number of aliphatic hydroxyl groups excluding tert-OH is 1. The van der Waals surface area contributed by atoms with Gasteiger partial charge in [0.1, 0.15) is 0 Å². The maximum absolute atomic E-state index is 9.98. The maximum Gasteiger partial charge on any atom is 0.0861 e. The first-order valence-electron chi connectivity index (χ1n) is 4.92. The van der Waals surface area contributed by atoms with Crippen LogP contribution in [0.2, 0.25) is 5.02 Å². The summed E-state index contributed by atoms with van der Waals surface area (Å²) in [6.45, 7) is 0. The molecule has 2 aromatic heterocycles. The van der Waals surface area contributed by atoms with Gasteiger partial charge in [-0.1, -0.05) is 11.6 Å². The van der Waals surface area contributed by atoms with Gasteiger partial charge < -0.3 is 5.11 Å². The Morgan fingerprint density at radius 3 is 2.94 bits per heavy atom. The molecule has 2 aromatic rings. The highest BCUT2D eigenvalue weighted by Crippen LogP contribution is 2.22. The van der Waals surface area contributed by atoms with Gasteiger partial charge >= 0.3 is 0 Å². The van der Waals surface area contributed by atoms with Gasteiger partial charge in [-0.05, 0) is 11.6 Å². The highest BCUT2D eigenvalue weighted by molar-refractivity contribution is 6.31. The van der Waals surface area contributed by atoms with E-state index in [2.05, 4.69) is 10.1 Å². The molecule has 0 aliphatic carbocycles. The third kappa shape index (κ3) is 2.40. The molecule has 0 aromatic carbocycles. The summed E-state index contributed by atoms with van der Waals surface area (Å²) in [7, 11) is 1.82. The first-order chi connectivity index (χ1) is 7.66. The van der Waals surface area contributed by atoms with Crippen LogP contribution in [0.3, 0.4) is 0 Å². The van der Waals surface area contributed by atoms with Gasteiger partial charge in [0.15, 0.2) is 0 Å². The van der Waals surface area contributed by atoms with Gasteiger partial charge in [-0.25, -0.2) is 0 Å². The second-order valence-electron chi connectivity index (χ2n) is 3.63. The number of aromatic nitrogens is 3. The number of nitrogens with zero attached hydrogens (tertiary/aromatic N) is 3. The van der Waals surface area contributed by atoms with Crippen LogP contribution in [0.25, 0.3) is 0 Å². The second-order valence-corrected chi connectivity index (χ2v) is 4.04. The quantitative estimate of drug-likeness (QED) is 0.885. The molecular weight excluding hydrogens is 226 g/mol. The average molecular weight is 238 g/mol. The van der Waals surface area contributed by atoms with E-state index in [4.69, 9.17) is 11.6 Å². The molecule has 0 spiro atoms. The molecule has 0 aliphatic heterocycles. The molecule has 0 radical (unpaired) electrons. The van der Waals surface area contributed by atoms with Crippen molar-refractivity contribution in [3.8, 4) is 0 Å². The normalized spacial score (nSPS) is 12.7. The van der Waals surface area contributed by atoms with Crippen molar-refractivity contribution < 1.29 is 5.11 Å². The van der Waals surface area contributed by atoms with Gasteiger partial charge in [-0.2, -0.15) is 5.10 Å². The molecule has 0 aliphatic rings. The first kappa shape index (κ1) is 11.1. The van der Waals surface area contributed by atoms with Crippen LogP contribution in [0.4, 0.5) is 0 Å². The smallest absolute Gasteiger partial charge is 0.0861 e. The van der Waals surface area contributed by atoms with E-state index in [0.29, 0.717) is 11.4 Å². The average Bonchev–Trinajstić information content (AvgIpc) is 2.68. The van der Waals surface area contributed by atoms with Crippen molar-refractivity contribution in [2.24, 2.45) is 7.05 Å². The molecule has 1 unspecified atom stereocenters. The van der Waals surface area contributed by atoms with Crippen molar-refractivity contribution in [3.05, 3.63) is 47.0 Å². The highest BCUT2D eigenvalue weighted by atomic mass is 35.5. The standard InChI is InChI=1S/C11H12ClN3O/c1-15-7-9(5-14-15)11(16)4-8-2-3-13-6-10(8)12/h2-3,5-7,11,16H,4H2,1H3. The summed E-state index contributed by atoms with van der Waals surface area (Å²) in [6.07, 6.45) is 6.56. The number of hydrogen-bond acceptors (Lipinski definition) is 3. The second kappa shape index (κ2) is 4.63. The minimum Gasteiger partial charge on any atom is -0.388 e. The maximum atomic E-state index is 9.98. The van der Waals surface area contributed by atoms with Gasteiger partial charge in [0.2, 0.25) is 0 Å². The molecule has 0 saturated heterocycles. The lowest BCUT2D eigenvalue weighted by Gasteiger charge is -2.09. The largest absolute Gasteiger partial charge is 0.388 e. The van der Waals surface area contributed by atoms with Crippen molar-refractivity contribution in [2.75, 3.05) is 0 Å². The third-order valence-corrected chi connectivity index (χ3v) is 2.72. The van der Waals surface area contributed by atoms with E-state index in [1.54, 1.807) is 29.5 Å². The molecule has 2 heterocycles. The van der Waals surface area contributed by atoms with Gasteiger partial charge in [0, 0.05) is 37.6 Å². The molecule has 4 nitrogen and oxygen atoms in total. The Hall–Kier alpha value is -1.39. The highest BCUT2D eigenvalue weighted by Gasteiger charge is 2.12. The molecule has 1 atom stereocenters. The summed E-state index contributed by atoms with van der Waals surface area (Å²) in [5.74, 6) is 0. The van der Waals surface area contributed by atoms with Gasteiger partial charge in [0.05, 0.1) is 17.3 Å². The third-order valence-electron chi connectivity index (χ3n) is 2.38. The van der Waals surface area contributed by atoms with E-state index < -0.39 is 6.10 Å². The fourth-order valence-corrected chi connectivity index (χ4v) is 1.70. The van der Waals surface area contributed by atoms with Crippen molar-refractivity contribution in [1.82, 2.24) is 14.8 Å². The lowest BCUT2D eigenvalue weighted by Crippen LogP contribution is -2.01. The van der Waals surface area contributed by atoms with E-state index in [-0.39, 0.29) is 0 Å². The van der Waals surface area contributed by atoms with Gasteiger partial charge in [-0.3, -0.25) is 9.67 Å². The summed E-state index contributed by atoms with van der Waals surface area (Å²) in [6, 6.07) is 1.81. The first-order valence-corrected chi connectivity index (χ1v) is 5.29. The molecule has 5 heteroatoms. The van der Waals surface area contributed by atoms with Crippen molar-refractivity contribution in [1.29, 1.82) is 0 Å². The lowest BCUT2D eigenvalue weighted by molar-refractivity contribution is 0.178. The van der Waals surface area contributed by atoms with E-state index in [0.717, 1.165) is 11.1 Å². The lowest BCUT2D eigenvalue weighted by atomic mass is 10.1. The summed E-state index contributed by atoms with van der Waals surface area (Å²) in [5, 5.41) is 14.6. The van der Waals surface area contributed by atoms with Crippen molar-refractivity contribution in [3.63, 3.8) is 0 Å². The fourth-order valence-electron chi connectivity index (χ4n) is 1.51. The summed E-state index contributed by atoms with van der Waals surface area (Å²) < 4.78 is 1.66. The fraction of sp³-hybridized carbons (Fsp3) is 0.273. The molecule has 0 bridgehead atoms. The van der Waals surface area contributed by atoms with Crippen LogP contribution in [0, 0.1) is 0 Å². The van der Waals surface area contributed by atoms with Crippen LogP contribution in [0.1, 0.15) is 17.2 Å². The number of aryl methyl sites for hydroxylation is 1. The predicted octanol–water partition coefficient (Wildman–Crippen LogP) is 1.74. The number of pyridine rings is 1. The Balaban J connectivity index is 2.13. The van der Waals surface area contributed by atoms with Crippen molar-refractivity contribution in [2.45, 2.75) is 12.5 Å². The minimum atomic E-state index is -0.589. The van der Waals surface area contributed by atoms with Crippen LogP contribution < -0.4 is 0 Å². The zero-order valence-electron chi connectivity index (χ0n) is 8.84. The van der Waals surface area contributed by atoms with Gasteiger partial charge in [-0.15, -0.1) is 0 Å². The SMILES string of the molecule is Cn1cc(C(O)Cc2ccncc2Cl)cn1. The molecule has 2 rings (SSSR count). The van der Waals surface area contributed by atoms with Gasteiger partial charge in [0.25, 0.3) is 0 Å².